The van der Waals surface area contributed by atoms with Gasteiger partial charge in [0.25, 0.3) is 0 Å². The normalized spacial score (nSPS) is 13.0. The average molecular weight is 453 g/mol. The second-order valence-electron chi connectivity index (χ2n) is 8.36. The molecule has 0 heterocycles. The van der Waals surface area contributed by atoms with Gasteiger partial charge in [-0.2, -0.15) is 0 Å². The van der Waals surface area contributed by atoms with Crippen molar-refractivity contribution in [2.24, 2.45) is 0 Å². The van der Waals surface area contributed by atoms with Gasteiger partial charge in [0.15, 0.2) is 0 Å². The van der Waals surface area contributed by atoms with Crippen molar-refractivity contribution in [1.82, 2.24) is 10.6 Å². The minimum Gasteiger partial charge on any atom is -0.481 e. The molecule has 3 N–H and O–H groups in total. The first-order valence-electron chi connectivity index (χ1n) is 11.6. The third-order valence-electron chi connectivity index (χ3n) is 5.87. The van der Waals surface area contributed by atoms with Crippen LogP contribution in [0.1, 0.15) is 62.5 Å². The zero-order valence-electron chi connectivity index (χ0n) is 19.0. The van der Waals surface area contributed by atoms with Gasteiger partial charge >= 0.3 is 12.1 Å². The molecule has 2 amide bonds. The predicted octanol–water partition coefficient (Wildman–Crippen LogP) is 4.46. The van der Waals surface area contributed by atoms with Crippen LogP contribution in [0.15, 0.2) is 48.5 Å². The standard InChI is InChI=1S/C26H32N2O5/c1-2-9-18(16-24(29)27-15-8-7-14-25(30)31)28-26(32)33-17-23-21-12-5-3-10-19(21)20-11-4-6-13-22(20)23/h3-6,10-13,18,23H,2,7-9,14-17H2,1H3,(H,27,29)(H,28,32)(H,30,31)/t18-/m0/s1. The summed E-state index contributed by atoms with van der Waals surface area (Å²) < 4.78 is 5.60. The van der Waals surface area contributed by atoms with Crippen LogP contribution in [-0.2, 0) is 14.3 Å². The molecular formula is C26H32N2O5. The Balaban J connectivity index is 1.49. The zero-order chi connectivity index (χ0) is 23.6. The molecular weight excluding hydrogens is 420 g/mol. The summed E-state index contributed by atoms with van der Waals surface area (Å²) in [5.74, 6) is -1.01. The molecule has 1 aliphatic rings. The summed E-state index contributed by atoms with van der Waals surface area (Å²) in [7, 11) is 0. The molecule has 2 aromatic carbocycles. The fourth-order valence-corrected chi connectivity index (χ4v) is 4.31. The van der Waals surface area contributed by atoms with E-state index < -0.39 is 12.1 Å². The molecule has 7 nitrogen and oxygen atoms in total. The Morgan fingerprint density at radius 1 is 1.00 bits per heavy atom. The van der Waals surface area contributed by atoms with Crippen LogP contribution in [0.25, 0.3) is 11.1 Å². The molecule has 0 aromatic heterocycles. The lowest BCUT2D eigenvalue weighted by Gasteiger charge is -2.19. The van der Waals surface area contributed by atoms with Crippen molar-refractivity contribution in [1.29, 1.82) is 0 Å². The van der Waals surface area contributed by atoms with Gasteiger partial charge in [-0.15, -0.1) is 0 Å². The molecule has 1 aliphatic carbocycles. The van der Waals surface area contributed by atoms with Gasteiger partial charge in [-0.1, -0.05) is 61.9 Å². The highest BCUT2D eigenvalue weighted by atomic mass is 16.5. The predicted molar refractivity (Wildman–Crippen MR) is 126 cm³/mol. The van der Waals surface area contributed by atoms with Crippen molar-refractivity contribution >= 4 is 18.0 Å². The maximum absolute atomic E-state index is 12.5. The Bertz CT molecular complexity index is 929. The summed E-state index contributed by atoms with van der Waals surface area (Å²) >= 11 is 0. The summed E-state index contributed by atoms with van der Waals surface area (Å²) in [5.41, 5.74) is 4.65. The van der Waals surface area contributed by atoms with Crippen molar-refractivity contribution in [2.75, 3.05) is 13.2 Å². The molecule has 0 saturated carbocycles. The molecule has 1 atom stereocenters. The molecule has 7 heteroatoms. The van der Waals surface area contributed by atoms with E-state index in [1.165, 1.54) is 11.1 Å². The number of amides is 2. The van der Waals surface area contributed by atoms with Crippen LogP contribution in [0.3, 0.4) is 0 Å². The van der Waals surface area contributed by atoms with Crippen LogP contribution in [0.4, 0.5) is 4.79 Å². The lowest BCUT2D eigenvalue weighted by atomic mass is 9.98. The summed E-state index contributed by atoms with van der Waals surface area (Å²) in [6.07, 6.45) is 2.35. The minimum atomic E-state index is -0.836. The Morgan fingerprint density at radius 3 is 2.24 bits per heavy atom. The van der Waals surface area contributed by atoms with E-state index in [0.29, 0.717) is 25.8 Å². The monoisotopic (exact) mass is 452 g/mol. The number of benzene rings is 2. The van der Waals surface area contributed by atoms with Crippen molar-refractivity contribution in [3.05, 3.63) is 59.7 Å². The van der Waals surface area contributed by atoms with Gasteiger partial charge in [0.05, 0.1) is 0 Å². The van der Waals surface area contributed by atoms with E-state index in [2.05, 4.69) is 34.9 Å². The number of hydrogen-bond acceptors (Lipinski definition) is 4. The summed E-state index contributed by atoms with van der Waals surface area (Å²) in [5, 5.41) is 14.3. The van der Waals surface area contributed by atoms with Crippen LogP contribution >= 0.6 is 0 Å². The topological polar surface area (TPSA) is 105 Å². The lowest BCUT2D eigenvalue weighted by molar-refractivity contribution is -0.137. The number of hydrogen-bond donors (Lipinski definition) is 3. The molecule has 0 radical (unpaired) electrons. The summed E-state index contributed by atoms with van der Waals surface area (Å²) in [6, 6.07) is 16.0. The van der Waals surface area contributed by atoms with Gasteiger partial charge in [-0.25, -0.2) is 4.79 Å². The molecule has 0 aliphatic heterocycles. The number of carbonyl (C=O) groups is 3. The number of ether oxygens (including phenoxy) is 1. The molecule has 0 unspecified atom stereocenters. The molecule has 0 fully saturated rings. The SMILES string of the molecule is CCC[C@@H](CC(=O)NCCCCC(=O)O)NC(=O)OCC1c2ccccc2-c2ccccc21. The van der Waals surface area contributed by atoms with E-state index in [-0.39, 0.29) is 37.3 Å². The number of carbonyl (C=O) groups excluding carboxylic acids is 2. The van der Waals surface area contributed by atoms with Crippen LogP contribution < -0.4 is 10.6 Å². The minimum absolute atomic E-state index is 0.0122. The van der Waals surface area contributed by atoms with Crippen LogP contribution in [0, 0.1) is 0 Å². The number of rotatable bonds is 12. The Labute approximate surface area is 194 Å². The van der Waals surface area contributed by atoms with E-state index in [9.17, 15) is 14.4 Å². The number of fused-ring (bicyclic) bond motifs is 3. The number of aliphatic carboxylic acids is 1. The lowest BCUT2D eigenvalue weighted by Crippen LogP contribution is -2.40. The Morgan fingerprint density at radius 2 is 1.64 bits per heavy atom. The van der Waals surface area contributed by atoms with Crippen LogP contribution in [-0.4, -0.2) is 42.3 Å². The van der Waals surface area contributed by atoms with E-state index >= 15 is 0 Å². The van der Waals surface area contributed by atoms with E-state index in [4.69, 9.17) is 9.84 Å². The van der Waals surface area contributed by atoms with E-state index in [1.54, 1.807) is 0 Å². The molecule has 0 bridgehead atoms. The molecule has 0 saturated heterocycles. The summed E-state index contributed by atoms with van der Waals surface area (Å²) in [4.78, 5) is 35.3. The summed E-state index contributed by atoms with van der Waals surface area (Å²) in [6.45, 7) is 2.65. The van der Waals surface area contributed by atoms with Gasteiger partial charge in [-0.3, -0.25) is 9.59 Å². The second-order valence-corrected chi connectivity index (χ2v) is 8.36. The molecule has 0 spiro atoms. The third-order valence-corrected chi connectivity index (χ3v) is 5.87. The van der Waals surface area contributed by atoms with Gasteiger partial charge < -0.3 is 20.5 Å². The van der Waals surface area contributed by atoms with Gasteiger partial charge in [0.1, 0.15) is 6.61 Å². The second kappa shape index (κ2) is 12.0. The van der Waals surface area contributed by atoms with Crippen molar-refractivity contribution in [3.8, 4) is 11.1 Å². The van der Waals surface area contributed by atoms with Crippen molar-refractivity contribution in [3.63, 3.8) is 0 Å². The van der Waals surface area contributed by atoms with Crippen molar-refractivity contribution in [2.45, 2.75) is 57.4 Å². The number of carboxylic acid groups (broad SMARTS) is 1. The highest BCUT2D eigenvalue weighted by Gasteiger charge is 2.29. The fraction of sp³-hybridized carbons (Fsp3) is 0.423. The first-order chi connectivity index (χ1) is 16.0. The van der Waals surface area contributed by atoms with Gasteiger partial charge in [0.2, 0.25) is 5.91 Å². The quantitative estimate of drug-likeness (QED) is 0.413. The van der Waals surface area contributed by atoms with E-state index in [1.807, 2.05) is 31.2 Å². The smallest absolute Gasteiger partial charge is 0.407 e. The number of nitrogens with one attached hydrogen (secondary N) is 2. The highest BCUT2D eigenvalue weighted by Crippen LogP contribution is 2.44. The maximum atomic E-state index is 12.5. The first kappa shape index (κ1) is 24.3. The van der Waals surface area contributed by atoms with E-state index in [0.717, 1.165) is 17.5 Å². The molecule has 2 aromatic rings. The van der Waals surface area contributed by atoms with Gasteiger partial charge in [-0.05, 0) is 41.5 Å². The highest BCUT2D eigenvalue weighted by molar-refractivity contribution is 5.79. The Kier molecular flexibility index (Phi) is 8.87. The fourth-order valence-electron chi connectivity index (χ4n) is 4.31. The Hall–Kier alpha value is -3.35. The first-order valence-corrected chi connectivity index (χ1v) is 11.6. The largest absolute Gasteiger partial charge is 0.481 e. The van der Waals surface area contributed by atoms with Crippen LogP contribution in [0.2, 0.25) is 0 Å². The molecule has 3 rings (SSSR count). The zero-order valence-corrected chi connectivity index (χ0v) is 19.0. The van der Waals surface area contributed by atoms with Gasteiger partial charge in [0, 0.05) is 31.3 Å². The number of carboxylic acids is 1. The molecule has 33 heavy (non-hydrogen) atoms. The average Bonchev–Trinajstić information content (AvgIpc) is 3.11. The number of unbranched alkanes of at least 4 members (excludes halogenated alkanes) is 1. The molecule has 176 valence electrons. The third kappa shape index (κ3) is 6.81. The van der Waals surface area contributed by atoms with Crippen LogP contribution in [0.5, 0.6) is 0 Å². The maximum Gasteiger partial charge on any atom is 0.407 e. The number of alkyl carbamates (subject to hydrolysis) is 1. The van der Waals surface area contributed by atoms with Crippen molar-refractivity contribution < 1.29 is 24.2 Å².